The molecule has 14 nitrogen and oxygen atoms in total. The zero-order valence-corrected chi connectivity index (χ0v) is 32.6. The topological polar surface area (TPSA) is 223 Å². The van der Waals surface area contributed by atoms with Gasteiger partial charge in [-0.3, -0.25) is 24.0 Å². The molecule has 5 amide bonds. The fourth-order valence-corrected chi connectivity index (χ4v) is 6.97. The van der Waals surface area contributed by atoms with E-state index in [0.29, 0.717) is 18.4 Å². The summed E-state index contributed by atoms with van der Waals surface area (Å²) in [5.74, 6) is -4.40. The van der Waals surface area contributed by atoms with E-state index in [-0.39, 0.29) is 30.5 Å². The lowest BCUT2D eigenvalue weighted by Gasteiger charge is -2.26. The molecule has 15 heteroatoms. The highest BCUT2D eigenvalue weighted by molar-refractivity contribution is 7.09. The standard InChI is InChI=1S/C44H45N5O9S/c50-26-38(52)43(56)46-33-20-18-32(19-21-33)39(44(57)58)49-40(53)35(22-15-28-8-3-1-4-9-28)47-42(55)37(48-41(54)36(45-27-51)25-34-12-7-23-59-34)24-29-13-16-31(17-14-29)30-10-5-2-6-11-30/h1-14,16-21,23,27,35-39,50,52H,15,22,24-26H2,(H,45,51)(H,46,56)(H,47,55)(H,48,54)(H,49,53)(H,57,58)/t35-,36+,37-,38+,39?/m0/s1. The van der Waals surface area contributed by atoms with Gasteiger partial charge in [-0.2, -0.15) is 0 Å². The molecule has 5 aromatic rings. The normalized spacial score (nSPS) is 13.4. The second-order valence-electron chi connectivity index (χ2n) is 13.6. The Hall–Kier alpha value is -6.68. The summed E-state index contributed by atoms with van der Waals surface area (Å²) < 4.78 is 0. The third kappa shape index (κ3) is 12.9. The Morgan fingerprint density at radius 2 is 1.24 bits per heavy atom. The van der Waals surface area contributed by atoms with Crippen molar-refractivity contribution in [1.82, 2.24) is 21.3 Å². The highest BCUT2D eigenvalue weighted by Gasteiger charge is 2.32. The molecular formula is C44H45N5O9S. The number of carboxylic acid groups (broad SMARTS) is 1. The minimum absolute atomic E-state index is 0.0163. The minimum Gasteiger partial charge on any atom is -0.479 e. The number of aliphatic hydroxyl groups excluding tert-OH is 2. The smallest absolute Gasteiger partial charge is 0.330 e. The van der Waals surface area contributed by atoms with Crippen molar-refractivity contribution in [1.29, 1.82) is 0 Å². The maximum absolute atomic E-state index is 14.3. The van der Waals surface area contributed by atoms with Crippen molar-refractivity contribution >= 4 is 53.0 Å². The number of aliphatic hydroxyl groups is 2. The molecule has 1 heterocycles. The van der Waals surface area contributed by atoms with Gasteiger partial charge >= 0.3 is 5.97 Å². The molecule has 0 radical (unpaired) electrons. The average Bonchev–Trinajstić information content (AvgIpc) is 3.78. The first-order chi connectivity index (χ1) is 28.5. The average molecular weight is 820 g/mol. The highest BCUT2D eigenvalue weighted by Crippen LogP contribution is 2.21. The number of thiophene rings is 1. The molecule has 0 aliphatic rings. The van der Waals surface area contributed by atoms with Crippen LogP contribution < -0.4 is 26.6 Å². The summed E-state index contributed by atoms with van der Waals surface area (Å²) in [6, 6.07) is 30.4. The molecule has 1 unspecified atom stereocenters. The first-order valence-corrected chi connectivity index (χ1v) is 19.7. The quantitative estimate of drug-likeness (QED) is 0.0509. The Morgan fingerprint density at radius 1 is 0.627 bits per heavy atom. The molecule has 5 rings (SSSR count). The second-order valence-corrected chi connectivity index (χ2v) is 14.7. The van der Waals surface area contributed by atoms with E-state index < -0.39 is 66.5 Å². The first kappa shape index (κ1) is 43.4. The van der Waals surface area contributed by atoms with Crippen molar-refractivity contribution < 1.29 is 44.1 Å². The van der Waals surface area contributed by atoms with Crippen LogP contribution in [0.5, 0.6) is 0 Å². The number of anilines is 1. The van der Waals surface area contributed by atoms with Crippen LogP contribution in [0.1, 0.15) is 34.0 Å². The van der Waals surface area contributed by atoms with Crippen LogP contribution in [0, 0.1) is 0 Å². The maximum atomic E-state index is 14.3. The number of rotatable bonds is 21. The first-order valence-electron chi connectivity index (χ1n) is 18.8. The molecular weight excluding hydrogens is 775 g/mol. The monoisotopic (exact) mass is 819 g/mol. The van der Waals surface area contributed by atoms with Gasteiger partial charge in [0.1, 0.15) is 18.1 Å². The number of amides is 5. The Balaban J connectivity index is 1.39. The molecule has 8 N–H and O–H groups in total. The van der Waals surface area contributed by atoms with Crippen LogP contribution in [0.25, 0.3) is 11.1 Å². The second kappa shape index (κ2) is 21.7. The van der Waals surface area contributed by atoms with Gasteiger partial charge in [0.25, 0.3) is 5.91 Å². The van der Waals surface area contributed by atoms with E-state index in [1.54, 1.807) is 0 Å². The van der Waals surface area contributed by atoms with Crippen LogP contribution in [-0.4, -0.2) is 82.2 Å². The van der Waals surface area contributed by atoms with Crippen molar-refractivity contribution in [3.63, 3.8) is 0 Å². The van der Waals surface area contributed by atoms with Crippen molar-refractivity contribution in [3.8, 4) is 11.1 Å². The maximum Gasteiger partial charge on any atom is 0.330 e. The van der Waals surface area contributed by atoms with Crippen LogP contribution in [0.4, 0.5) is 5.69 Å². The summed E-state index contributed by atoms with van der Waals surface area (Å²) in [5.41, 5.74) is 3.84. The fourth-order valence-electron chi connectivity index (χ4n) is 6.22. The number of aliphatic carboxylic acids is 1. The lowest BCUT2D eigenvalue weighted by Crippen LogP contribution is -2.57. The number of aryl methyl sites for hydroxylation is 1. The molecule has 0 bridgehead atoms. The number of benzene rings is 4. The van der Waals surface area contributed by atoms with Gasteiger partial charge in [-0.25, -0.2) is 4.79 Å². The molecule has 0 fully saturated rings. The van der Waals surface area contributed by atoms with Crippen LogP contribution in [0.15, 0.2) is 127 Å². The molecule has 5 atom stereocenters. The molecule has 0 saturated heterocycles. The van der Waals surface area contributed by atoms with E-state index in [1.807, 2.05) is 102 Å². The van der Waals surface area contributed by atoms with E-state index >= 15 is 0 Å². The molecule has 59 heavy (non-hydrogen) atoms. The number of hydrogen-bond acceptors (Lipinski definition) is 9. The molecule has 1 aromatic heterocycles. The summed E-state index contributed by atoms with van der Waals surface area (Å²) in [4.78, 5) is 79.0. The zero-order chi connectivity index (χ0) is 42.1. The molecule has 0 aliphatic heterocycles. The van der Waals surface area contributed by atoms with Gasteiger partial charge in [-0.15, -0.1) is 11.3 Å². The van der Waals surface area contributed by atoms with Gasteiger partial charge in [0.2, 0.25) is 24.1 Å². The lowest BCUT2D eigenvalue weighted by atomic mass is 9.99. The predicted octanol–water partition coefficient (Wildman–Crippen LogP) is 3.15. The summed E-state index contributed by atoms with van der Waals surface area (Å²) in [6.45, 7) is -0.790. The van der Waals surface area contributed by atoms with Crippen molar-refractivity contribution in [2.24, 2.45) is 0 Å². The number of carbonyl (C=O) groups excluding carboxylic acids is 5. The summed E-state index contributed by atoms with van der Waals surface area (Å²) in [5, 5.41) is 43.7. The van der Waals surface area contributed by atoms with Crippen molar-refractivity contribution in [3.05, 3.63) is 148 Å². The van der Waals surface area contributed by atoms with E-state index in [9.17, 15) is 39.0 Å². The Bertz CT molecular complexity index is 2150. The molecule has 0 spiro atoms. The van der Waals surface area contributed by atoms with Crippen LogP contribution >= 0.6 is 11.3 Å². The third-order valence-corrected chi connectivity index (χ3v) is 10.3. The Morgan fingerprint density at radius 3 is 1.85 bits per heavy atom. The van der Waals surface area contributed by atoms with Gasteiger partial charge in [-0.1, -0.05) is 103 Å². The predicted molar refractivity (Wildman–Crippen MR) is 222 cm³/mol. The van der Waals surface area contributed by atoms with Gasteiger partial charge in [0.05, 0.1) is 6.61 Å². The van der Waals surface area contributed by atoms with Crippen LogP contribution in [-0.2, 0) is 48.0 Å². The van der Waals surface area contributed by atoms with Crippen LogP contribution in [0.2, 0.25) is 0 Å². The number of carbonyl (C=O) groups is 6. The van der Waals surface area contributed by atoms with Gasteiger partial charge in [0, 0.05) is 23.4 Å². The summed E-state index contributed by atoms with van der Waals surface area (Å²) in [7, 11) is 0. The fraction of sp³-hybridized carbons (Fsp3) is 0.227. The van der Waals surface area contributed by atoms with E-state index in [1.165, 1.54) is 35.6 Å². The van der Waals surface area contributed by atoms with Crippen molar-refractivity contribution in [2.45, 2.75) is 56.0 Å². The SMILES string of the molecule is O=CN[C@H](Cc1cccs1)C(=O)N[C@@H](Cc1ccc(-c2ccccc2)cc1)C(=O)N[C@@H](CCc1ccccc1)C(=O)NC(C(=O)O)c1ccc(NC(=O)[C@H](O)CO)cc1. The highest BCUT2D eigenvalue weighted by atomic mass is 32.1. The molecule has 0 saturated carbocycles. The number of carboxylic acids is 1. The zero-order valence-electron chi connectivity index (χ0n) is 31.8. The third-order valence-electron chi connectivity index (χ3n) is 9.42. The van der Waals surface area contributed by atoms with E-state index in [0.717, 1.165) is 21.6 Å². The summed E-state index contributed by atoms with van der Waals surface area (Å²) in [6.07, 6.45) is -0.649. The largest absolute Gasteiger partial charge is 0.479 e. The summed E-state index contributed by atoms with van der Waals surface area (Å²) >= 11 is 1.41. The Kier molecular flexibility index (Phi) is 16.0. The number of nitrogens with one attached hydrogen (secondary N) is 5. The van der Waals surface area contributed by atoms with Gasteiger partial charge in [0.15, 0.2) is 12.1 Å². The Labute approximate surface area is 344 Å². The minimum atomic E-state index is -1.66. The van der Waals surface area contributed by atoms with Gasteiger partial charge < -0.3 is 41.9 Å². The molecule has 306 valence electrons. The van der Waals surface area contributed by atoms with Gasteiger partial charge in [-0.05, 0) is 64.2 Å². The lowest BCUT2D eigenvalue weighted by molar-refractivity contribution is -0.142. The van der Waals surface area contributed by atoms with E-state index in [2.05, 4.69) is 26.6 Å². The molecule has 0 aliphatic carbocycles. The van der Waals surface area contributed by atoms with E-state index in [4.69, 9.17) is 5.11 Å². The van der Waals surface area contributed by atoms with Crippen LogP contribution in [0.3, 0.4) is 0 Å². The molecule has 4 aromatic carbocycles. The number of hydrogen-bond donors (Lipinski definition) is 8. The van der Waals surface area contributed by atoms with Crippen molar-refractivity contribution in [2.75, 3.05) is 11.9 Å².